The number of primary amides is 1. The van der Waals surface area contributed by atoms with E-state index in [1.807, 2.05) is 0 Å². The van der Waals surface area contributed by atoms with Gasteiger partial charge in [-0.15, -0.1) is 0 Å². The fraction of sp³-hybridized carbons (Fsp3) is 0.0909. The van der Waals surface area contributed by atoms with E-state index >= 15 is 0 Å². The van der Waals surface area contributed by atoms with Crippen LogP contribution in [0.1, 0.15) is 10.4 Å². The summed E-state index contributed by atoms with van der Waals surface area (Å²) in [6, 6.07) is 8.90. The van der Waals surface area contributed by atoms with Gasteiger partial charge in [0.25, 0.3) is 5.91 Å². The van der Waals surface area contributed by atoms with Crippen molar-refractivity contribution in [1.82, 2.24) is 0 Å². The highest BCUT2D eigenvalue weighted by Gasteiger charge is 2.16. The van der Waals surface area contributed by atoms with Crippen LogP contribution in [-0.4, -0.2) is 11.8 Å². The highest BCUT2D eigenvalue weighted by molar-refractivity contribution is 5.97. The number of hydrogen-bond donors (Lipinski definition) is 2. The number of hydrogen-bond acceptors (Lipinski definition) is 4. The van der Waals surface area contributed by atoms with Crippen molar-refractivity contribution in [3.05, 3.63) is 29.8 Å². The van der Waals surface area contributed by atoms with Gasteiger partial charge in [-0.25, -0.2) is 0 Å². The lowest BCUT2D eigenvalue weighted by atomic mass is 10.1. The molecule has 0 fully saturated rings. The van der Waals surface area contributed by atoms with Crippen LogP contribution >= 0.6 is 0 Å². The van der Waals surface area contributed by atoms with Crippen molar-refractivity contribution in [2.75, 3.05) is 5.32 Å². The monoisotopic (exact) mass is 228 g/mol. The van der Waals surface area contributed by atoms with Gasteiger partial charge in [-0.1, -0.05) is 0 Å². The third-order valence-corrected chi connectivity index (χ3v) is 1.96. The normalized spacial score (nSPS) is 9.12. The Morgan fingerprint density at radius 3 is 2.12 bits per heavy atom. The van der Waals surface area contributed by atoms with Gasteiger partial charge in [-0.05, 0) is 24.3 Å². The number of rotatable bonds is 3. The number of nitrogens with one attached hydrogen (secondary N) is 1. The predicted octanol–water partition coefficient (Wildman–Crippen LogP) is 0.387. The molecule has 3 N–H and O–H groups in total. The highest BCUT2D eigenvalue weighted by Crippen LogP contribution is 2.10. The lowest BCUT2D eigenvalue weighted by molar-refractivity contribution is -0.117. The van der Waals surface area contributed by atoms with Gasteiger partial charge in [0, 0.05) is 11.3 Å². The quantitative estimate of drug-likeness (QED) is 0.777. The van der Waals surface area contributed by atoms with E-state index in [-0.39, 0.29) is 0 Å². The maximum atomic E-state index is 11.3. The van der Waals surface area contributed by atoms with Gasteiger partial charge in [0.2, 0.25) is 11.8 Å². The number of nitriles is 2. The van der Waals surface area contributed by atoms with Gasteiger partial charge >= 0.3 is 0 Å². The Balaban J connectivity index is 2.78. The third-order valence-electron chi connectivity index (χ3n) is 1.96. The molecule has 0 saturated heterocycles. The molecule has 0 aliphatic carbocycles. The summed E-state index contributed by atoms with van der Waals surface area (Å²) < 4.78 is 0. The fourth-order valence-corrected chi connectivity index (χ4v) is 1.08. The van der Waals surface area contributed by atoms with Gasteiger partial charge in [0.05, 0.1) is 12.1 Å². The topological polar surface area (TPSA) is 120 Å². The van der Waals surface area contributed by atoms with Crippen molar-refractivity contribution < 1.29 is 9.59 Å². The van der Waals surface area contributed by atoms with Crippen molar-refractivity contribution in [3.63, 3.8) is 0 Å². The Hall–Kier alpha value is -2.86. The minimum Gasteiger partial charge on any atom is -0.366 e. The van der Waals surface area contributed by atoms with E-state index in [4.69, 9.17) is 16.3 Å². The first kappa shape index (κ1) is 12.2. The van der Waals surface area contributed by atoms with Crippen LogP contribution in [0, 0.1) is 28.6 Å². The molecule has 0 aliphatic rings. The number of benzene rings is 1. The molecule has 84 valence electrons. The van der Waals surface area contributed by atoms with Crippen molar-refractivity contribution in [3.8, 4) is 12.1 Å². The molecule has 0 aliphatic heterocycles. The van der Waals surface area contributed by atoms with Crippen LogP contribution in [0.5, 0.6) is 0 Å². The minimum atomic E-state index is -1.36. The number of amides is 2. The van der Waals surface area contributed by atoms with Crippen molar-refractivity contribution >= 4 is 17.5 Å². The zero-order valence-corrected chi connectivity index (χ0v) is 8.68. The van der Waals surface area contributed by atoms with Crippen LogP contribution in [0.15, 0.2) is 24.3 Å². The number of carbonyl (C=O) groups is 2. The van der Waals surface area contributed by atoms with E-state index in [2.05, 4.69) is 5.32 Å². The zero-order valence-electron chi connectivity index (χ0n) is 8.68. The van der Waals surface area contributed by atoms with Crippen molar-refractivity contribution in [2.24, 2.45) is 11.7 Å². The van der Waals surface area contributed by atoms with Crippen LogP contribution in [-0.2, 0) is 4.79 Å². The number of anilines is 1. The molecule has 0 radical (unpaired) electrons. The minimum absolute atomic E-state index is 0.306. The Bertz CT molecular complexity index is 508. The molecule has 0 bridgehead atoms. The largest absolute Gasteiger partial charge is 0.366 e. The first-order valence-electron chi connectivity index (χ1n) is 4.58. The average molecular weight is 228 g/mol. The van der Waals surface area contributed by atoms with Crippen LogP contribution in [0.25, 0.3) is 0 Å². The molecule has 0 atom stereocenters. The molecule has 1 aromatic rings. The molecule has 1 aromatic carbocycles. The molecule has 2 amide bonds. The highest BCUT2D eigenvalue weighted by atomic mass is 16.2. The van der Waals surface area contributed by atoms with Crippen LogP contribution in [0.4, 0.5) is 5.69 Å². The van der Waals surface area contributed by atoms with Gasteiger partial charge in [-0.2, -0.15) is 10.5 Å². The van der Waals surface area contributed by atoms with Gasteiger partial charge < -0.3 is 11.1 Å². The molecule has 0 aromatic heterocycles. The molecule has 0 saturated carbocycles. The fourth-order valence-electron chi connectivity index (χ4n) is 1.08. The summed E-state index contributed by atoms with van der Waals surface area (Å²) in [6.07, 6.45) is 0. The SMILES string of the molecule is N#CC(C#N)C(=O)Nc1ccc(C(N)=O)cc1. The van der Waals surface area contributed by atoms with Crippen molar-refractivity contribution in [2.45, 2.75) is 0 Å². The second kappa shape index (κ2) is 5.29. The van der Waals surface area contributed by atoms with E-state index in [1.165, 1.54) is 24.3 Å². The zero-order chi connectivity index (χ0) is 12.8. The molecule has 1 rings (SSSR count). The lowest BCUT2D eigenvalue weighted by Crippen LogP contribution is -2.20. The first-order chi connectivity index (χ1) is 8.08. The number of nitrogens with two attached hydrogens (primary N) is 1. The maximum Gasteiger partial charge on any atom is 0.256 e. The summed E-state index contributed by atoms with van der Waals surface area (Å²) in [5.74, 6) is -2.64. The molecule has 0 heterocycles. The summed E-state index contributed by atoms with van der Waals surface area (Å²) in [5.41, 5.74) is 5.73. The van der Waals surface area contributed by atoms with E-state index in [0.717, 1.165) is 0 Å². The van der Waals surface area contributed by atoms with Crippen molar-refractivity contribution in [1.29, 1.82) is 10.5 Å². The molecule has 17 heavy (non-hydrogen) atoms. The Kier molecular flexibility index (Phi) is 3.80. The lowest BCUT2D eigenvalue weighted by Gasteiger charge is -2.05. The van der Waals surface area contributed by atoms with E-state index in [1.54, 1.807) is 12.1 Å². The van der Waals surface area contributed by atoms with Gasteiger partial charge in [0.15, 0.2) is 0 Å². The molecule has 6 nitrogen and oxygen atoms in total. The van der Waals surface area contributed by atoms with E-state index in [0.29, 0.717) is 11.3 Å². The summed E-state index contributed by atoms with van der Waals surface area (Å²) in [4.78, 5) is 22.1. The van der Waals surface area contributed by atoms with E-state index in [9.17, 15) is 9.59 Å². The third kappa shape index (κ3) is 3.05. The van der Waals surface area contributed by atoms with Gasteiger partial charge in [0.1, 0.15) is 0 Å². The van der Waals surface area contributed by atoms with Crippen LogP contribution in [0.3, 0.4) is 0 Å². The molecule has 0 unspecified atom stereocenters. The molecule has 0 spiro atoms. The standard InChI is InChI=1S/C11H8N4O2/c12-5-8(6-13)11(17)15-9-3-1-7(2-4-9)10(14)16/h1-4,8H,(H2,14,16)(H,15,17). The Morgan fingerprint density at radius 1 is 1.18 bits per heavy atom. The summed E-state index contributed by atoms with van der Waals surface area (Å²) >= 11 is 0. The Morgan fingerprint density at radius 2 is 1.71 bits per heavy atom. The molecule has 6 heteroatoms. The number of carbonyl (C=O) groups excluding carboxylic acids is 2. The summed E-state index contributed by atoms with van der Waals surface area (Å²) in [5, 5.41) is 19.4. The summed E-state index contributed by atoms with van der Waals surface area (Å²) in [7, 11) is 0. The average Bonchev–Trinajstić information content (AvgIpc) is 2.31. The second-order valence-corrected chi connectivity index (χ2v) is 3.12. The second-order valence-electron chi connectivity index (χ2n) is 3.12. The van der Waals surface area contributed by atoms with E-state index < -0.39 is 17.7 Å². The first-order valence-corrected chi connectivity index (χ1v) is 4.58. The summed E-state index contributed by atoms with van der Waals surface area (Å²) in [6.45, 7) is 0. The predicted molar refractivity (Wildman–Crippen MR) is 58.3 cm³/mol. The number of nitrogens with zero attached hydrogens (tertiary/aromatic N) is 2. The molecular formula is C11H8N4O2. The van der Waals surface area contributed by atoms with Crippen LogP contribution < -0.4 is 11.1 Å². The smallest absolute Gasteiger partial charge is 0.256 e. The molecular weight excluding hydrogens is 220 g/mol. The maximum absolute atomic E-state index is 11.3. The van der Waals surface area contributed by atoms with Gasteiger partial charge in [-0.3, -0.25) is 9.59 Å². The van der Waals surface area contributed by atoms with Crippen LogP contribution in [0.2, 0.25) is 0 Å². The Labute approximate surface area is 97.3 Å².